The van der Waals surface area contributed by atoms with Crippen LogP contribution in [-0.2, 0) is 4.79 Å². The first kappa shape index (κ1) is 18.3. The number of halogens is 1. The highest BCUT2D eigenvalue weighted by Crippen LogP contribution is 2.21. The zero-order valence-electron chi connectivity index (χ0n) is 14.6. The molecule has 0 aliphatic heterocycles. The molecular weight excluding hydrogens is 322 g/mol. The van der Waals surface area contributed by atoms with Gasteiger partial charge in [-0.25, -0.2) is 0 Å². The second-order valence-electron chi connectivity index (χ2n) is 6.06. The van der Waals surface area contributed by atoms with E-state index in [-0.39, 0.29) is 11.9 Å². The van der Waals surface area contributed by atoms with Crippen LogP contribution in [0.3, 0.4) is 0 Å². The van der Waals surface area contributed by atoms with Crippen molar-refractivity contribution in [2.75, 3.05) is 0 Å². The molecule has 0 radical (unpaired) electrons. The lowest BCUT2D eigenvalue weighted by Gasteiger charge is -2.22. The number of aryl methyl sites for hydroxylation is 2. The summed E-state index contributed by atoms with van der Waals surface area (Å²) in [6.07, 6.45) is 0.0365. The average Bonchev–Trinajstić information content (AvgIpc) is 2.52. The van der Waals surface area contributed by atoms with E-state index in [0.717, 1.165) is 5.56 Å². The van der Waals surface area contributed by atoms with E-state index in [0.29, 0.717) is 17.2 Å². The Hall–Kier alpha value is -2.00. The van der Waals surface area contributed by atoms with Crippen molar-refractivity contribution in [1.82, 2.24) is 5.32 Å². The number of carbonyl (C=O) groups excluding carboxylic acids is 1. The van der Waals surface area contributed by atoms with Crippen LogP contribution >= 0.6 is 11.6 Å². The predicted octanol–water partition coefficient (Wildman–Crippen LogP) is 4.99. The van der Waals surface area contributed by atoms with Crippen LogP contribution in [0.2, 0.25) is 5.02 Å². The molecule has 0 saturated heterocycles. The molecule has 2 aromatic carbocycles. The van der Waals surface area contributed by atoms with Gasteiger partial charge in [0.25, 0.3) is 5.91 Å². The number of nitrogens with one attached hydrogen (secondary N) is 1. The minimum absolute atomic E-state index is 0.0740. The molecule has 0 aromatic heterocycles. The lowest BCUT2D eigenvalue weighted by atomic mass is 10.00. The molecule has 2 rings (SSSR count). The van der Waals surface area contributed by atoms with Gasteiger partial charge in [0.15, 0.2) is 6.10 Å². The summed E-state index contributed by atoms with van der Waals surface area (Å²) >= 11 is 5.97. The van der Waals surface area contributed by atoms with Gasteiger partial charge in [-0.3, -0.25) is 4.79 Å². The van der Waals surface area contributed by atoms with Crippen LogP contribution in [0.25, 0.3) is 0 Å². The number of amides is 1. The molecule has 24 heavy (non-hydrogen) atoms. The number of hydrogen-bond acceptors (Lipinski definition) is 2. The molecule has 1 amide bonds. The van der Waals surface area contributed by atoms with Crippen LogP contribution in [0, 0.1) is 13.8 Å². The highest BCUT2D eigenvalue weighted by atomic mass is 35.5. The third-order valence-corrected chi connectivity index (χ3v) is 4.22. The average molecular weight is 346 g/mol. The van der Waals surface area contributed by atoms with E-state index >= 15 is 0 Å². The Balaban J connectivity index is 2.05. The Morgan fingerprint density at radius 1 is 1.21 bits per heavy atom. The first-order valence-corrected chi connectivity index (χ1v) is 8.58. The molecule has 0 heterocycles. The van der Waals surface area contributed by atoms with E-state index in [1.54, 1.807) is 24.3 Å². The smallest absolute Gasteiger partial charge is 0.261 e. The minimum Gasteiger partial charge on any atom is -0.481 e. The van der Waals surface area contributed by atoms with Gasteiger partial charge < -0.3 is 10.1 Å². The molecule has 0 bridgehead atoms. The maximum absolute atomic E-state index is 12.6. The monoisotopic (exact) mass is 345 g/mol. The fourth-order valence-corrected chi connectivity index (χ4v) is 2.90. The second-order valence-corrected chi connectivity index (χ2v) is 6.50. The van der Waals surface area contributed by atoms with Crippen LogP contribution in [-0.4, -0.2) is 12.0 Å². The second kappa shape index (κ2) is 8.20. The van der Waals surface area contributed by atoms with Crippen LogP contribution in [0.5, 0.6) is 5.75 Å². The van der Waals surface area contributed by atoms with Gasteiger partial charge in [0.1, 0.15) is 5.75 Å². The standard InChI is InChI=1S/C20H24ClNO2/c1-5-19(24-17-8-6-7-16(21)12-17)20(23)22-15(4)18-10-9-13(2)11-14(18)3/h6-12,15,19H,5H2,1-4H3,(H,22,23). The van der Waals surface area contributed by atoms with E-state index in [1.165, 1.54) is 11.1 Å². The van der Waals surface area contributed by atoms with E-state index in [4.69, 9.17) is 16.3 Å². The van der Waals surface area contributed by atoms with E-state index in [2.05, 4.69) is 37.4 Å². The third-order valence-electron chi connectivity index (χ3n) is 3.99. The summed E-state index contributed by atoms with van der Waals surface area (Å²) in [5.41, 5.74) is 3.50. The maximum Gasteiger partial charge on any atom is 0.261 e. The number of rotatable bonds is 6. The van der Waals surface area contributed by atoms with E-state index < -0.39 is 6.10 Å². The number of carbonyl (C=O) groups is 1. The predicted molar refractivity (Wildman–Crippen MR) is 98.6 cm³/mol. The van der Waals surface area contributed by atoms with Crippen molar-refractivity contribution in [3.8, 4) is 5.75 Å². The quantitative estimate of drug-likeness (QED) is 0.800. The topological polar surface area (TPSA) is 38.3 Å². The first-order valence-electron chi connectivity index (χ1n) is 8.20. The zero-order chi connectivity index (χ0) is 17.7. The number of ether oxygens (including phenoxy) is 1. The van der Waals surface area contributed by atoms with Crippen molar-refractivity contribution in [3.63, 3.8) is 0 Å². The van der Waals surface area contributed by atoms with E-state index in [1.807, 2.05) is 13.8 Å². The van der Waals surface area contributed by atoms with Crippen LogP contribution in [0.4, 0.5) is 0 Å². The molecule has 4 heteroatoms. The van der Waals surface area contributed by atoms with Gasteiger partial charge in [-0.2, -0.15) is 0 Å². The first-order chi connectivity index (χ1) is 11.4. The van der Waals surface area contributed by atoms with Crippen LogP contribution in [0.15, 0.2) is 42.5 Å². The van der Waals surface area contributed by atoms with Gasteiger partial charge >= 0.3 is 0 Å². The molecule has 0 aliphatic rings. The van der Waals surface area contributed by atoms with Gasteiger partial charge in [-0.1, -0.05) is 48.4 Å². The summed E-state index contributed by atoms with van der Waals surface area (Å²) < 4.78 is 5.80. The third kappa shape index (κ3) is 4.75. The molecule has 3 nitrogen and oxygen atoms in total. The molecule has 0 saturated carbocycles. The Morgan fingerprint density at radius 3 is 2.58 bits per heavy atom. The fraction of sp³-hybridized carbons (Fsp3) is 0.350. The Kier molecular flexibility index (Phi) is 6.27. The maximum atomic E-state index is 12.6. The highest BCUT2D eigenvalue weighted by molar-refractivity contribution is 6.30. The summed E-state index contributed by atoms with van der Waals surface area (Å²) in [6.45, 7) is 8.04. The summed E-state index contributed by atoms with van der Waals surface area (Å²) in [6, 6.07) is 13.3. The van der Waals surface area contributed by atoms with Crippen molar-refractivity contribution < 1.29 is 9.53 Å². The normalized spacial score (nSPS) is 13.2. The fourth-order valence-electron chi connectivity index (χ4n) is 2.72. The van der Waals surface area contributed by atoms with Gasteiger partial charge in [0.2, 0.25) is 0 Å². The Bertz CT molecular complexity index is 715. The van der Waals surface area contributed by atoms with Crippen molar-refractivity contribution in [2.24, 2.45) is 0 Å². The Labute approximate surface area is 149 Å². The summed E-state index contributed by atoms with van der Waals surface area (Å²) in [5.74, 6) is 0.480. The van der Waals surface area contributed by atoms with Gasteiger partial charge in [0, 0.05) is 5.02 Å². The number of benzene rings is 2. The molecule has 0 aliphatic carbocycles. The molecule has 0 fully saturated rings. The molecule has 2 atom stereocenters. The SMILES string of the molecule is CCC(Oc1cccc(Cl)c1)C(=O)NC(C)c1ccc(C)cc1C. The number of hydrogen-bond donors (Lipinski definition) is 1. The van der Waals surface area contributed by atoms with Crippen molar-refractivity contribution in [1.29, 1.82) is 0 Å². The van der Waals surface area contributed by atoms with Crippen molar-refractivity contribution in [2.45, 2.75) is 46.3 Å². The molecule has 0 spiro atoms. The minimum atomic E-state index is -0.545. The van der Waals surface area contributed by atoms with Gasteiger partial charge in [-0.15, -0.1) is 0 Å². The molecule has 2 aromatic rings. The van der Waals surface area contributed by atoms with Gasteiger partial charge in [0.05, 0.1) is 6.04 Å². The summed E-state index contributed by atoms with van der Waals surface area (Å²) in [4.78, 5) is 12.6. The summed E-state index contributed by atoms with van der Waals surface area (Å²) in [5, 5.41) is 3.63. The largest absolute Gasteiger partial charge is 0.481 e. The Morgan fingerprint density at radius 2 is 1.96 bits per heavy atom. The molecule has 128 valence electrons. The molecule has 1 N–H and O–H groups in total. The summed E-state index contributed by atoms with van der Waals surface area (Å²) in [7, 11) is 0. The lowest BCUT2D eigenvalue weighted by Crippen LogP contribution is -2.39. The zero-order valence-corrected chi connectivity index (χ0v) is 15.4. The van der Waals surface area contributed by atoms with Crippen LogP contribution in [0.1, 0.15) is 43.0 Å². The molecular formula is C20H24ClNO2. The molecule has 2 unspecified atom stereocenters. The van der Waals surface area contributed by atoms with Gasteiger partial charge in [-0.05, 0) is 56.5 Å². The van der Waals surface area contributed by atoms with Crippen LogP contribution < -0.4 is 10.1 Å². The van der Waals surface area contributed by atoms with Crippen molar-refractivity contribution in [3.05, 3.63) is 64.2 Å². The lowest BCUT2D eigenvalue weighted by molar-refractivity contribution is -0.128. The van der Waals surface area contributed by atoms with Crippen molar-refractivity contribution >= 4 is 17.5 Å². The highest BCUT2D eigenvalue weighted by Gasteiger charge is 2.21. The van der Waals surface area contributed by atoms with E-state index in [9.17, 15) is 4.79 Å².